The zero-order chi connectivity index (χ0) is 14.2. The standard InChI is InChI=1S/C10H14N4O3S2/c1-5-7(6(2)17-13-5)4-12-10-8(19(3,15)16)9(11)14-18-10/h12H,4H2,1-3H3,(H2,11,14). The Labute approximate surface area is 114 Å². The van der Waals surface area contributed by atoms with Crippen molar-refractivity contribution in [3.05, 3.63) is 17.0 Å². The SMILES string of the molecule is Cc1noc(C)c1CNc1snc(N)c1S(C)(=O)=O. The van der Waals surface area contributed by atoms with Gasteiger partial charge in [-0.25, -0.2) is 8.42 Å². The fourth-order valence-corrected chi connectivity index (χ4v) is 3.75. The molecule has 0 bridgehead atoms. The van der Waals surface area contributed by atoms with Crippen molar-refractivity contribution >= 4 is 32.2 Å². The first kappa shape index (κ1) is 13.8. The summed E-state index contributed by atoms with van der Waals surface area (Å²) in [7, 11) is -3.41. The van der Waals surface area contributed by atoms with E-state index in [0.29, 0.717) is 17.3 Å². The van der Waals surface area contributed by atoms with Crippen LogP contribution in [-0.4, -0.2) is 24.2 Å². The lowest BCUT2D eigenvalue weighted by atomic mass is 10.2. The van der Waals surface area contributed by atoms with Crippen molar-refractivity contribution < 1.29 is 12.9 Å². The van der Waals surface area contributed by atoms with Gasteiger partial charge in [0.25, 0.3) is 0 Å². The molecule has 2 aromatic rings. The van der Waals surface area contributed by atoms with Gasteiger partial charge in [-0.1, -0.05) is 5.16 Å². The minimum Gasteiger partial charge on any atom is -0.382 e. The highest BCUT2D eigenvalue weighted by atomic mass is 32.2. The van der Waals surface area contributed by atoms with E-state index >= 15 is 0 Å². The highest BCUT2D eigenvalue weighted by molar-refractivity contribution is 7.91. The van der Waals surface area contributed by atoms with E-state index in [1.807, 2.05) is 6.92 Å². The summed E-state index contributed by atoms with van der Waals surface area (Å²) in [6.45, 7) is 4.03. The van der Waals surface area contributed by atoms with Crippen molar-refractivity contribution in [3.63, 3.8) is 0 Å². The summed E-state index contributed by atoms with van der Waals surface area (Å²) in [5, 5.41) is 7.29. The van der Waals surface area contributed by atoms with Crippen molar-refractivity contribution in [2.75, 3.05) is 17.3 Å². The van der Waals surface area contributed by atoms with Gasteiger partial charge in [-0.2, -0.15) is 4.37 Å². The summed E-state index contributed by atoms with van der Waals surface area (Å²) < 4.78 is 32.2. The predicted molar refractivity (Wildman–Crippen MR) is 72.9 cm³/mol. The molecule has 0 amide bonds. The lowest BCUT2D eigenvalue weighted by molar-refractivity contribution is 0.392. The molecule has 2 rings (SSSR count). The Kier molecular flexibility index (Phi) is 3.50. The molecule has 104 valence electrons. The first-order valence-electron chi connectivity index (χ1n) is 5.41. The van der Waals surface area contributed by atoms with Crippen LogP contribution in [0.3, 0.4) is 0 Å². The Balaban J connectivity index is 2.27. The van der Waals surface area contributed by atoms with Gasteiger partial charge in [-0.05, 0) is 25.4 Å². The van der Waals surface area contributed by atoms with Crippen LogP contribution in [0.4, 0.5) is 10.8 Å². The number of sulfone groups is 1. The normalized spacial score (nSPS) is 11.7. The van der Waals surface area contributed by atoms with Gasteiger partial charge in [0.05, 0.1) is 5.69 Å². The number of nitrogens with zero attached hydrogens (tertiary/aromatic N) is 2. The molecular formula is C10H14N4O3S2. The van der Waals surface area contributed by atoms with E-state index < -0.39 is 9.84 Å². The summed E-state index contributed by atoms with van der Waals surface area (Å²) in [5.41, 5.74) is 7.25. The highest BCUT2D eigenvalue weighted by Crippen LogP contribution is 2.31. The number of nitrogens with two attached hydrogens (primary N) is 1. The fraction of sp³-hybridized carbons (Fsp3) is 0.400. The van der Waals surface area contributed by atoms with Crippen molar-refractivity contribution in [2.45, 2.75) is 25.3 Å². The summed E-state index contributed by atoms with van der Waals surface area (Å²) in [6, 6.07) is 0. The Hall–Kier alpha value is -1.61. The maximum absolute atomic E-state index is 11.6. The number of hydrogen-bond donors (Lipinski definition) is 2. The van der Waals surface area contributed by atoms with Crippen LogP contribution in [0.2, 0.25) is 0 Å². The van der Waals surface area contributed by atoms with E-state index in [1.165, 1.54) is 0 Å². The molecule has 7 nitrogen and oxygen atoms in total. The van der Waals surface area contributed by atoms with Gasteiger partial charge in [0, 0.05) is 18.4 Å². The molecule has 0 saturated heterocycles. The number of anilines is 2. The smallest absolute Gasteiger partial charge is 0.182 e. The molecule has 3 N–H and O–H groups in total. The number of nitrogens with one attached hydrogen (secondary N) is 1. The van der Waals surface area contributed by atoms with E-state index in [2.05, 4.69) is 14.8 Å². The first-order chi connectivity index (χ1) is 8.80. The molecule has 0 fully saturated rings. The Morgan fingerprint density at radius 1 is 1.42 bits per heavy atom. The zero-order valence-electron chi connectivity index (χ0n) is 10.7. The van der Waals surface area contributed by atoms with Crippen LogP contribution in [0.15, 0.2) is 9.42 Å². The van der Waals surface area contributed by atoms with E-state index in [0.717, 1.165) is 29.0 Å². The Bertz CT molecular complexity index is 683. The van der Waals surface area contributed by atoms with Crippen LogP contribution in [0, 0.1) is 13.8 Å². The molecular weight excluding hydrogens is 288 g/mol. The van der Waals surface area contributed by atoms with Crippen LogP contribution >= 0.6 is 11.5 Å². The summed E-state index contributed by atoms with van der Waals surface area (Å²) in [4.78, 5) is 0.0456. The molecule has 0 saturated carbocycles. The third-order valence-corrected chi connectivity index (χ3v) is 4.75. The third-order valence-electron chi connectivity index (χ3n) is 2.65. The van der Waals surface area contributed by atoms with E-state index in [-0.39, 0.29) is 10.7 Å². The number of rotatable bonds is 4. The highest BCUT2D eigenvalue weighted by Gasteiger charge is 2.21. The van der Waals surface area contributed by atoms with Crippen molar-refractivity contribution in [2.24, 2.45) is 0 Å². The van der Waals surface area contributed by atoms with Gasteiger partial charge in [-0.15, -0.1) is 0 Å². The van der Waals surface area contributed by atoms with Crippen LogP contribution in [0.1, 0.15) is 17.0 Å². The van der Waals surface area contributed by atoms with E-state index in [4.69, 9.17) is 10.3 Å². The topological polar surface area (TPSA) is 111 Å². The van der Waals surface area contributed by atoms with Crippen LogP contribution in [-0.2, 0) is 16.4 Å². The van der Waals surface area contributed by atoms with E-state index in [9.17, 15) is 8.42 Å². The van der Waals surface area contributed by atoms with Crippen LogP contribution in [0.5, 0.6) is 0 Å². The number of nitrogen functional groups attached to an aromatic ring is 1. The third kappa shape index (κ3) is 2.71. The van der Waals surface area contributed by atoms with Gasteiger partial charge in [-0.3, -0.25) is 0 Å². The molecule has 0 unspecified atom stereocenters. The molecule has 0 aliphatic heterocycles. The van der Waals surface area contributed by atoms with Crippen LogP contribution < -0.4 is 11.1 Å². The minimum atomic E-state index is -3.41. The van der Waals surface area contributed by atoms with Gasteiger partial charge < -0.3 is 15.6 Å². The molecule has 2 aromatic heterocycles. The molecule has 0 atom stereocenters. The average Bonchev–Trinajstić information content (AvgIpc) is 2.80. The minimum absolute atomic E-state index is 0.0220. The van der Waals surface area contributed by atoms with E-state index in [1.54, 1.807) is 6.92 Å². The van der Waals surface area contributed by atoms with Gasteiger partial charge in [0.15, 0.2) is 15.7 Å². The number of aryl methyl sites for hydroxylation is 2. The second-order valence-electron chi connectivity index (χ2n) is 4.15. The number of hydrogen-bond acceptors (Lipinski definition) is 8. The van der Waals surface area contributed by atoms with Crippen molar-refractivity contribution in [3.8, 4) is 0 Å². The molecule has 0 aliphatic carbocycles. The summed E-state index contributed by atoms with van der Waals surface area (Å²) in [5.74, 6) is 0.720. The monoisotopic (exact) mass is 302 g/mol. The predicted octanol–water partition coefficient (Wildman–Crippen LogP) is 1.35. The van der Waals surface area contributed by atoms with Crippen molar-refractivity contribution in [1.82, 2.24) is 9.53 Å². The summed E-state index contributed by atoms with van der Waals surface area (Å²) >= 11 is 1.02. The Morgan fingerprint density at radius 2 is 2.11 bits per heavy atom. The first-order valence-corrected chi connectivity index (χ1v) is 8.08. The molecule has 9 heteroatoms. The molecule has 0 aliphatic rings. The lowest BCUT2D eigenvalue weighted by Gasteiger charge is -2.05. The van der Waals surface area contributed by atoms with Crippen molar-refractivity contribution in [1.29, 1.82) is 0 Å². The Morgan fingerprint density at radius 3 is 2.63 bits per heavy atom. The fourth-order valence-electron chi connectivity index (χ4n) is 1.69. The van der Waals surface area contributed by atoms with Gasteiger partial charge >= 0.3 is 0 Å². The zero-order valence-corrected chi connectivity index (χ0v) is 12.4. The largest absolute Gasteiger partial charge is 0.382 e. The average molecular weight is 302 g/mol. The second-order valence-corrected chi connectivity index (χ2v) is 6.88. The maximum Gasteiger partial charge on any atom is 0.182 e. The maximum atomic E-state index is 11.6. The molecule has 0 radical (unpaired) electrons. The number of aromatic nitrogens is 2. The van der Waals surface area contributed by atoms with Gasteiger partial charge in [0.1, 0.15) is 15.7 Å². The molecule has 19 heavy (non-hydrogen) atoms. The summed E-state index contributed by atoms with van der Waals surface area (Å²) in [6.07, 6.45) is 1.11. The molecule has 0 spiro atoms. The lowest BCUT2D eigenvalue weighted by Crippen LogP contribution is -2.06. The quantitative estimate of drug-likeness (QED) is 0.876. The van der Waals surface area contributed by atoms with Crippen LogP contribution in [0.25, 0.3) is 0 Å². The molecule has 0 aromatic carbocycles. The molecule has 2 heterocycles. The second kappa shape index (κ2) is 4.82. The van der Waals surface area contributed by atoms with Gasteiger partial charge in [0.2, 0.25) is 0 Å².